The molecule has 0 atom stereocenters. The summed E-state index contributed by atoms with van der Waals surface area (Å²) in [6, 6.07) is 22.3. The molecule has 7 nitrogen and oxygen atoms in total. The molecule has 2 N–H and O–H groups in total. The third-order valence-corrected chi connectivity index (χ3v) is 5.82. The van der Waals surface area contributed by atoms with Crippen molar-refractivity contribution in [1.82, 2.24) is 10.2 Å². The van der Waals surface area contributed by atoms with Crippen molar-refractivity contribution in [2.75, 3.05) is 13.1 Å². The Balaban J connectivity index is 1.51. The highest BCUT2D eigenvalue weighted by molar-refractivity contribution is 7.48. The van der Waals surface area contributed by atoms with Gasteiger partial charge in [-0.1, -0.05) is 42.5 Å². The summed E-state index contributed by atoms with van der Waals surface area (Å²) in [7, 11) is -0.847. The van der Waals surface area contributed by atoms with Crippen LogP contribution < -0.4 is 14.9 Å². The molecule has 0 aliphatic carbocycles. The van der Waals surface area contributed by atoms with Crippen LogP contribution in [0.4, 0.5) is 5.69 Å². The monoisotopic (exact) mass is 409 g/mol. The molecule has 3 aromatic rings. The van der Waals surface area contributed by atoms with E-state index in [0.29, 0.717) is 12.4 Å². The van der Waals surface area contributed by atoms with E-state index in [0.717, 1.165) is 29.8 Å². The van der Waals surface area contributed by atoms with E-state index in [9.17, 15) is 10.1 Å². The van der Waals surface area contributed by atoms with Crippen LogP contribution in [0.15, 0.2) is 72.8 Å². The van der Waals surface area contributed by atoms with Crippen LogP contribution in [0.5, 0.6) is 11.5 Å². The molecule has 0 unspecified atom stereocenters. The van der Waals surface area contributed by atoms with Crippen molar-refractivity contribution < 1.29 is 14.2 Å². The van der Waals surface area contributed by atoms with Crippen molar-refractivity contribution in [3.63, 3.8) is 0 Å². The molecule has 1 aliphatic rings. The first-order valence-corrected chi connectivity index (χ1v) is 10.5. The predicted octanol–water partition coefficient (Wildman–Crippen LogP) is 4.99. The van der Waals surface area contributed by atoms with Crippen molar-refractivity contribution in [1.29, 1.82) is 0 Å². The van der Waals surface area contributed by atoms with Crippen molar-refractivity contribution in [3.05, 3.63) is 88.5 Å². The van der Waals surface area contributed by atoms with E-state index in [2.05, 4.69) is 10.2 Å². The minimum Gasteiger partial charge on any atom is -0.450 e. The maximum Gasteiger partial charge on any atom is 0.311 e. The zero-order valence-electron chi connectivity index (χ0n) is 15.6. The molecule has 8 heteroatoms. The number of ether oxygens (including phenoxy) is 1. The van der Waals surface area contributed by atoms with Gasteiger partial charge in [0, 0.05) is 19.2 Å². The summed E-state index contributed by atoms with van der Waals surface area (Å²) < 4.78 is 11.6. The topological polar surface area (TPSA) is 85.7 Å². The molecule has 148 valence electrons. The summed E-state index contributed by atoms with van der Waals surface area (Å²) in [4.78, 5) is 11.0. The molecule has 0 aromatic heterocycles. The summed E-state index contributed by atoms with van der Waals surface area (Å²) in [6.45, 7) is 2.09. The van der Waals surface area contributed by atoms with Crippen LogP contribution >= 0.6 is 8.45 Å². The molecule has 3 aromatic carbocycles. The largest absolute Gasteiger partial charge is 0.450 e. The summed E-state index contributed by atoms with van der Waals surface area (Å²) in [5.74, 6) is 0.734. The van der Waals surface area contributed by atoms with Gasteiger partial charge in [0.05, 0.1) is 11.5 Å². The first kappa shape index (κ1) is 19.5. The Morgan fingerprint density at radius 1 is 0.931 bits per heavy atom. The van der Waals surface area contributed by atoms with Gasteiger partial charge in [0.2, 0.25) is 5.75 Å². The summed E-state index contributed by atoms with van der Waals surface area (Å²) >= 11 is 0. The number of nitro benzene ring substituents is 1. The molecule has 29 heavy (non-hydrogen) atoms. The molecule has 0 spiro atoms. The third kappa shape index (κ3) is 4.96. The van der Waals surface area contributed by atoms with E-state index in [1.165, 1.54) is 6.07 Å². The normalized spacial score (nSPS) is 14.1. The number of nitrogens with one attached hydrogen (secondary N) is 2. The van der Waals surface area contributed by atoms with Crippen molar-refractivity contribution in [2.24, 2.45) is 0 Å². The summed E-state index contributed by atoms with van der Waals surface area (Å²) in [6.07, 6.45) is 0. The molecule has 1 fully saturated rings. The standard InChI is InChI=1S/C21H20N3O4P/c25-24(26)20-11-6-16(15-27-29-22-12-13-23-29)14-21(20)28-19-9-7-18(8-10-19)17-4-2-1-3-5-17/h1-11,14,22-23H,12-13,15H2. The van der Waals surface area contributed by atoms with Crippen molar-refractivity contribution in [3.8, 4) is 22.6 Å². The summed E-state index contributed by atoms with van der Waals surface area (Å²) in [5, 5.41) is 17.9. The molecule has 1 heterocycles. The molecule has 0 bridgehead atoms. The average Bonchev–Trinajstić information content (AvgIpc) is 3.27. The lowest BCUT2D eigenvalue weighted by atomic mass is 10.1. The van der Waals surface area contributed by atoms with E-state index in [4.69, 9.17) is 9.26 Å². The Morgan fingerprint density at radius 2 is 1.62 bits per heavy atom. The molecule has 1 saturated heterocycles. The molecule has 1 aliphatic heterocycles. The van der Waals surface area contributed by atoms with Crippen LogP contribution in [0, 0.1) is 10.1 Å². The highest BCUT2D eigenvalue weighted by Gasteiger charge is 2.18. The predicted molar refractivity (Wildman–Crippen MR) is 113 cm³/mol. The smallest absolute Gasteiger partial charge is 0.311 e. The second-order valence-corrected chi connectivity index (χ2v) is 7.92. The minimum absolute atomic E-state index is 0.0799. The van der Waals surface area contributed by atoms with Gasteiger partial charge in [-0.15, -0.1) is 0 Å². The number of nitrogens with zero attached hydrogens (tertiary/aromatic N) is 1. The first-order chi connectivity index (χ1) is 14.2. The molecular formula is C21H20N3O4P. The second-order valence-electron chi connectivity index (χ2n) is 6.44. The average molecular weight is 409 g/mol. The van der Waals surface area contributed by atoms with Gasteiger partial charge in [-0.25, -0.2) is 0 Å². The fourth-order valence-electron chi connectivity index (χ4n) is 2.96. The molecule has 4 rings (SSSR count). The SMILES string of the molecule is O=[N+]([O-])c1ccc(COP2NCCN2)cc1Oc1ccc(-c2ccccc2)cc1. The molecule has 0 amide bonds. The zero-order valence-corrected chi connectivity index (χ0v) is 16.5. The second kappa shape index (κ2) is 9.11. The fourth-order valence-corrected chi connectivity index (χ4v) is 4.16. The van der Waals surface area contributed by atoms with E-state index >= 15 is 0 Å². The van der Waals surface area contributed by atoms with Gasteiger partial charge < -0.3 is 9.26 Å². The van der Waals surface area contributed by atoms with Gasteiger partial charge >= 0.3 is 5.69 Å². The third-order valence-electron chi connectivity index (χ3n) is 4.41. The Hall–Kier alpha value is -2.83. The first-order valence-electron chi connectivity index (χ1n) is 9.20. The van der Waals surface area contributed by atoms with Crippen LogP contribution in [0.25, 0.3) is 11.1 Å². The quantitative estimate of drug-likeness (QED) is 0.325. The Kier molecular flexibility index (Phi) is 6.12. The van der Waals surface area contributed by atoms with Crippen LogP contribution in [0.3, 0.4) is 0 Å². The Morgan fingerprint density at radius 3 is 2.31 bits per heavy atom. The number of nitro groups is 1. The minimum atomic E-state index is -0.847. The molecule has 0 saturated carbocycles. The highest BCUT2D eigenvalue weighted by atomic mass is 31.2. The molecule has 0 radical (unpaired) electrons. The van der Waals surface area contributed by atoms with Gasteiger partial charge in [0.1, 0.15) is 5.75 Å². The Labute approximate surface area is 169 Å². The summed E-state index contributed by atoms with van der Waals surface area (Å²) in [5.41, 5.74) is 2.88. The Bertz CT molecular complexity index is 977. The van der Waals surface area contributed by atoms with E-state index < -0.39 is 13.4 Å². The van der Waals surface area contributed by atoms with Gasteiger partial charge in [-0.3, -0.25) is 20.3 Å². The van der Waals surface area contributed by atoms with E-state index in [1.54, 1.807) is 12.1 Å². The van der Waals surface area contributed by atoms with Gasteiger partial charge in [-0.05, 0) is 41.0 Å². The number of rotatable bonds is 7. The van der Waals surface area contributed by atoms with Crippen LogP contribution in [-0.2, 0) is 11.1 Å². The van der Waals surface area contributed by atoms with E-state index in [-0.39, 0.29) is 11.4 Å². The maximum absolute atomic E-state index is 11.4. The number of benzene rings is 3. The molecular weight excluding hydrogens is 389 g/mol. The number of hydrogen-bond donors (Lipinski definition) is 2. The van der Waals surface area contributed by atoms with Crippen LogP contribution in [0.1, 0.15) is 5.56 Å². The highest BCUT2D eigenvalue weighted by Crippen LogP contribution is 2.35. The maximum atomic E-state index is 11.4. The van der Waals surface area contributed by atoms with Gasteiger partial charge in [0.25, 0.3) is 0 Å². The zero-order chi connectivity index (χ0) is 20.1. The van der Waals surface area contributed by atoms with E-state index in [1.807, 2.05) is 54.6 Å². The van der Waals surface area contributed by atoms with Gasteiger partial charge in [-0.2, -0.15) is 0 Å². The van der Waals surface area contributed by atoms with Crippen molar-refractivity contribution in [2.45, 2.75) is 6.61 Å². The lowest BCUT2D eigenvalue weighted by molar-refractivity contribution is -0.385. The van der Waals surface area contributed by atoms with Gasteiger partial charge in [0.15, 0.2) is 8.45 Å². The fraction of sp³-hybridized carbons (Fsp3) is 0.143. The lowest BCUT2D eigenvalue weighted by Gasteiger charge is -2.12. The van der Waals surface area contributed by atoms with Crippen LogP contribution in [0.2, 0.25) is 0 Å². The number of hydrogen-bond acceptors (Lipinski definition) is 6. The van der Waals surface area contributed by atoms with Crippen molar-refractivity contribution >= 4 is 14.1 Å². The van der Waals surface area contributed by atoms with Crippen LogP contribution in [-0.4, -0.2) is 18.0 Å². The lowest BCUT2D eigenvalue weighted by Crippen LogP contribution is -2.04.